The lowest BCUT2D eigenvalue weighted by Gasteiger charge is -2.47. The van der Waals surface area contributed by atoms with E-state index in [1.54, 1.807) is 12.1 Å². The van der Waals surface area contributed by atoms with Crippen LogP contribution < -0.4 is 0 Å². The average molecular weight is 394 g/mol. The molecule has 3 rings (SSSR count). The highest BCUT2D eigenvalue weighted by atomic mass is 19.1. The maximum Gasteiger partial charge on any atom is 0.307 e. The van der Waals surface area contributed by atoms with Gasteiger partial charge in [0.2, 0.25) is 0 Å². The summed E-state index contributed by atoms with van der Waals surface area (Å²) in [4.78, 5) is 14.6. The molecule has 0 fully saturated rings. The fourth-order valence-corrected chi connectivity index (χ4v) is 4.06. The Morgan fingerprint density at radius 2 is 1.86 bits per heavy atom. The third kappa shape index (κ3) is 4.83. The normalized spacial score (nSPS) is 19.3. The van der Waals surface area contributed by atoms with Crippen molar-refractivity contribution in [2.24, 2.45) is 0 Å². The zero-order valence-corrected chi connectivity index (χ0v) is 17.1. The minimum Gasteiger partial charge on any atom is -0.469 e. The fourth-order valence-electron chi connectivity index (χ4n) is 4.06. The summed E-state index contributed by atoms with van der Waals surface area (Å²) in [7, 11) is 1.38. The molecule has 0 spiro atoms. The van der Waals surface area contributed by atoms with Gasteiger partial charge >= 0.3 is 5.97 Å². The summed E-state index contributed by atoms with van der Waals surface area (Å²) in [6, 6.07) is 16.4. The van der Waals surface area contributed by atoms with E-state index < -0.39 is 6.04 Å². The number of methoxy groups -OCH3 is 1. The van der Waals surface area contributed by atoms with Crippen LogP contribution >= 0.6 is 0 Å². The zero-order chi connectivity index (χ0) is 20.7. The predicted octanol–water partition coefficient (Wildman–Crippen LogP) is 5.60. The van der Waals surface area contributed by atoms with E-state index in [0.717, 1.165) is 18.4 Å². The first-order chi connectivity index (χ1) is 14.1. The molecule has 1 unspecified atom stereocenters. The molecule has 1 aliphatic rings. The summed E-state index contributed by atoms with van der Waals surface area (Å²) < 4.78 is 19.9. The summed E-state index contributed by atoms with van der Waals surface area (Å²) in [6.45, 7) is 2.74. The van der Waals surface area contributed by atoms with Crippen molar-refractivity contribution in [3.05, 3.63) is 95.8 Å². The van der Waals surface area contributed by atoms with Crippen LogP contribution in [-0.4, -0.2) is 23.5 Å². The highest BCUT2D eigenvalue weighted by Gasteiger charge is 2.39. The number of halogens is 1. The number of rotatable bonds is 8. The molecule has 1 aliphatic carbocycles. The number of nitrogens with zero attached hydrogens (tertiary/aromatic N) is 1. The monoisotopic (exact) mass is 393 g/mol. The Balaban J connectivity index is 2.11. The van der Waals surface area contributed by atoms with Crippen LogP contribution in [0.1, 0.15) is 43.4 Å². The van der Waals surface area contributed by atoms with E-state index >= 15 is 0 Å². The topological polar surface area (TPSA) is 29.5 Å². The zero-order valence-electron chi connectivity index (χ0n) is 17.1. The molecule has 152 valence electrons. The summed E-state index contributed by atoms with van der Waals surface area (Å²) in [5.74, 6) is -0.654. The van der Waals surface area contributed by atoms with Gasteiger partial charge in [-0.3, -0.25) is 9.69 Å². The van der Waals surface area contributed by atoms with E-state index in [2.05, 4.69) is 36.1 Å². The number of ether oxygens (including phenoxy) is 1. The van der Waals surface area contributed by atoms with Crippen LogP contribution in [0.2, 0.25) is 0 Å². The summed E-state index contributed by atoms with van der Waals surface area (Å²) >= 11 is 0. The molecular formula is C25H28FNO2. The molecule has 0 radical (unpaired) electrons. The van der Waals surface area contributed by atoms with E-state index in [4.69, 9.17) is 4.74 Å². The molecular weight excluding hydrogens is 365 g/mol. The largest absolute Gasteiger partial charge is 0.469 e. The van der Waals surface area contributed by atoms with E-state index in [0.29, 0.717) is 12.1 Å². The van der Waals surface area contributed by atoms with Crippen molar-refractivity contribution in [1.82, 2.24) is 4.90 Å². The van der Waals surface area contributed by atoms with Gasteiger partial charge in [-0.2, -0.15) is 0 Å². The highest BCUT2D eigenvalue weighted by molar-refractivity contribution is 5.70. The van der Waals surface area contributed by atoms with E-state index in [9.17, 15) is 9.18 Å². The molecule has 29 heavy (non-hydrogen) atoms. The van der Waals surface area contributed by atoms with Crippen LogP contribution in [0.5, 0.6) is 0 Å². The van der Waals surface area contributed by atoms with Crippen LogP contribution in [0.15, 0.2) is 78.9 Å². The first kappa shape index (κ1) is 21.0. The number of carbonyl (C=O) groups is 1. The van der Waals surface area contributed by atoms with Crippen LogP contribution in [0.3, 0.4) is 0 Å². The van der Waals surface area contributed by atoms with Crippen LogP contribution in [-0.2, 0) is 16.1 Å². The van der Waals surface area contributed by atoms with Crippen LogP contribution in [0.25, 0.3) is 0 Å². The number of hydrogen-bond donors (Lipinski definition) is 0. The number of allylic oxidation sites excluding steroid dienone is 2. The Bertz CT molecular complexity index is 877. The molecule has 3 nitrogen and oxygen atoms in total. The van der Waals surface area contributed by atoms with Crippen molar-refractivity contribution in [3.63, 3.8) is 0 Å². The minimum atomic E-state index is -0.444. The molecule has 0 saturated carbocycles. The first-order valence-electron chi connectivity index (χ1n) is 10.1. The van der Waals surface area contributed by atoms with Gasteiger partial charge in [0.1, 0.15) is 5.82 Å². The Kier molecular flexibility index (Phi) is 6.99. The number of benzene rings is 2. The van der Waals surface area contributed by atoms with Gasteiger partial charge in [0.05, 0.1) is 13.5 Å². The van der Waals surface area contributed by atoms with Gasteiger partial charge in [-0.05, 0) is 24.5 Å². The number of carbonyl (C=O) groups excluding carboxylic acids is 1. The molecule has 0 aromatic heterocycles. The van der Waals surface area contributed by atoms with Gasteiger partial charge in [-0.1, -0.05) is 79.8 Å². The quantitative estimate of drug-likeness (QED) is 0.547. The maximum absolute atomic E-state index is 14.9. The van der Waals surface area contributed by atoms with Gasteiger partial charge in [-0.25, -0.2) is 4.39 Å². The SMILES string of the molecule is CC[C@@]1(N(Cc2ccccc2)C(CC(=O)OC)c2ccccc2F)C=CC=CC1. The fraction of sp³-hybridized carbons (Fsp3) is 0.320. The number of hydrogen-bond acceptors (Lipinski definition) is 3. The lowest BCUT2D eigenvalue weighted by molar-refractivity contribution is -0.142. The van der Waals surface area contributed by atoms with Crippen molar-refractivity contribution in [2.75, 3.05) is 7.11 Å². The van der Waals surface area contributed by atoms with Gasteiger partial charge in [-0.15, -0.1) is 0 Å². The Morgan fingerprint density at radius 3 is 2.48 bits per heavy atom. The summed E-state index contributed by atoms with van der Waals surface area (Å²) in [5.41, 5.74) is 1.32. The van der Waals surface area contributed by atoms with Crippen LogP contribution in [0.4, 0.5) is 4.39 Å². The maximum atomic E-state index is 14.9. The van der Waals surface area contributed by atoms with Crippen molar-refractivity contribution >= 4 is 5.97 Å². The van der Waals surface area contributed by atoms with E-state index in [-0.39, 0.29) is 23.7 Å². The predicted molar refractivity (Wildman–Crippen MR) is 114 cm³/mol. The first-order valence-corrected chi connectivity index (χ1v) is 10.1. The Labute approximate surface area is 172 Å². The van der Waals surface area contributed by atoms with Crippen molar-refractivity contribution in [3.8, 4) is 0 Å². The van der Waals surface area contributed by atoms with Gasteiger partial charge in [0.15, 0.2) is 0 Å². The summed E-state index contributed by atoms with van der Waals surface area (Å²) in [6.07, 6.45) is 10.1. The lowest BCUT2D eigenvalue weighted by atomic mass is 9.83. The van der Waals surface area contributed by atoms with Crippen molar-refractivity contribution in [1.29, 1.82) is 0 Å². The summed E-state index contributed by atoms with van der Waals surface area (Å²) in [5, 5.41) is 0. The number of esters is 1. The molecule has 0 N–H and O–H groups in total. The second-order valence-electron chi connectivity index (χ2n) is 7.38. The van der Waals surface area contributed by atoms with Gasteiger partial charge in [0, 0.05) is 23.7 Å². The molecule has 2 aromatic carbocycles. The molecule has 0 aliphatic heterocycles. The van der Waals surface area contributed by atoms with Gasteiger partial charge < -0.3 is 4.74 Å². The molecule has 0 saturated heterocycles. The third-order valence-corrected chi connectivity index (χ3v) is 5.73. The van der Waals surface area contributed by atoms with E-state index in [1.807, 2.05) is 36.4 Å². The highest BCUT2D eigenvalue weighted by Crippen LogP contribution is 2.40. The second kappa shape index (κ2) is 9.66. The Hall–Kier alpha value is -2.72. The third-order valence-electron chi connectivity index (χ3n) is 5.73. The lowest BCUT2D eigenvalue weighted by Crippen LogP contribution is -2.49. The molecule has 0 heterocycles. The standard InChI is InChI=1S/C25H28FNO2/c1-3-25(16-10-5-11-17-25)27(19-20-12-6-4-7-13-20)23(18-24(28)29-2)21-14-8-9-15-22(21)26/h4-16,23H,3,17-19H2,1-2H3/t23?,25-/m1/s1. The molecule has 2 atom stereocenters. The molecule has 2 aromatic rings. The molecule has 4 heteroatoms. The minimum absolute atomic E-state index is 0.0869. The average Bonchev–Trinajstić information content (AvgIpc) is 2.77. The smallest absolute Gasteiger partial charge is 0.307 e. The van der Waals surface area contributed by atoms with Crippen LogP contribution in [0, 0.1) is 5.82 Å². The molecule has 0 bridgehead atoms. The Morgan fingerprint density at radius 1 is 1.14 bits per heavy atom. The van der Waals surface area contributed by atoms with E-state index in [1.165, 1.54) is 13.2 Å². The van der Waals surface area contributed by atoms with Crippen molar-refractivity contribution in [2.45, 2.75) is 44.3 Å². The molecule has 0 amide bonds. The second-order valence-corrected chi connectivity index (χ2v) is 7.38. The van der Waals surface area contributed by atoms with Gasteiger partial charge in [0.25, 0.3) is 0 Å². The van der Waals surface area contributed by atoms with Crippen molar-refractivity contribution < 1.29 is 13.9 Å².